The Morgan fingerprint density at radius 3 is 1.69 bits per heavy atom. The van der Waals surface area contributed by atoms with Crippen LogP contribution < -0.4 is 0 Å². The SMILES string of the molecule is Cc1cc2cc3nc(cc4cc(C)c(cc5nc(cc1[nH]2)C(=O)[C@]5(C)O)[nH]4)C(=O)[C@@]3(C)O. The lowest BCUT2D eigenvalue weighted by Gasteiger charge is -2.12. The van der Waals surface area contributed by atoms with E-state index in [0.29, 0.717) is 22.1 Å². The molecular formula is C24H22N4O4. The lowest BCUT2D eigenvalue weighted by molar-refractivity contribution is 0.0419. The Hall–Kier alpha value is -3.62. The molecule has 3 aromatic rings. The average Bonchev–Trinajstić information content (AvgIpc) is 3.35. The van der Waals surface area contributed by atoms with Crippen molar-refractivity contribution < 1.29 is 19.8 Å². The number of rotatable bonds is 0. The van der Waals surface area contributed by atoms with Gasteiger partial charge in [-0.2, -0.15) is 0 Å². The van der Waals surface area contributed by atoms with Crippen molar-refractivity contribution in [3.05, 3.63) is 70.3 Å². The van der Waals surface area contributed by atoms with Crippen LogP contribution in [0.2, 0.25) is 0 Å². The topological polar surface area (TPSA) is 132 Å². The minimum Gasteiger partial charge on any atom is -0.376 e. The summed E-state index contributed by atoms with van der Waals surface area (Å²) in [4.78, 5) is 40.8. The van der Waals surface area contributed by atoms with E-state index in [4.69, 9.17) is 0 Å². The fourth-order valence-electron chi connectivity index (χ4n) is 4.08. The first-order valence-electron chi connectivity index (χ1n) is 10.2. The van der Waals surface area contributed by atoms with Crippen LogP contribution in [0.4, 0.5) is 0 Å². The fourth-order valence-corrected chi connectivity index (χ4v) is 4.08. The molecule has 2 aliphatic rings. The number of aromatic nitrogens is 4. The van der Waals surface area contributed by atoms with Gasteiger partial charge in [0, 0.05) is 22.1 Å². The molecule has 8 nitrogen and oxygen atoms in total. The minimum atomic E-state index is -1.76. The van der Waals surface area contributed by atoms with E-state index in [2.05, 4.69) is 19.9 Å². The Kier molecular flexibility index (Phi) is 4.09. The molecule has 5 rings (SSSR count). The molecule has 162 valence electrons. The number of aryl methyl sites for hydroxylation is 2. The smallest absolute Gasteiger partial charge is 0.218 e. The first kappa shape index (κ1) is 20.3. The molecule has 0 fully saturated rings. The van der Waals surface area contributed by atoms with Crippen molar-refractivity contribution in [2.45, 2.75) is 38.9 Å². The Balaban J connectivity index is 1.94. The number of aliphatic hydroxyl groups is 2. The number of ketones is 2. The number of H-pyrrole nitrogens is 2. The molecule has 3 aromatic heterocycles. The normalized spacial score (nSPS) is 23.1. The van der Waals surface area contributed by atoms with Gasteiger partial charge >= 0.3 is 0 Å². The summed E-state index contributed by atoms with van der Waals surface area (Å²) in [6.07, 6.45) is 0. The molecule has 4 N–H and O–H groups in total. The Morgan fingerprint density at radius 1 is 0.688 bits per heavy atom. The summed E-state index contributed by atoms with van der Waals surface area (Å²) in [7, 11) is 0. The molecule has 0 radical (unpaired) electrons. The number of Topliss-reactive ketones (excluding diaryl/α,β-unsaturated/α-hetero) is 2. The van der Waals surface area contributed by atoms with Crippen molar-refractivity contribution in [3.8, 4) is 0 Å². The molecule has 0 saturated heterocycles. The van der Waals surface area contributed by atoms with Crippen LogP contribution in [0.15, 0.2) is 36.4 Å². The zero-order chi connectivity index (χ0) is 23.0. The second kappa shape index (κ2) is 6.44. The summed E-state index contributed by atoms with van der Waals surface area (Å²) in [5.74, 6) is -0.982. The number of carbonyl (C=O) groups excluding carboxylic acids is 2. The summed E-state index contributed by atoms with van der Waals surface area (Å²) in [5.41, 5.74) is 1.34. The molecule has 0 amide bonds. The number of aromatic amines is 2. The lowest BCUT2D eigenvalue weighted by atomic mass is 9.97. The molecule has 0 saturated carbocycles. The molecule has 8 bridgehead atoms. The Bertz CT molecular complexity index is 1490. The van der Waals surface area contributed by atoms with Crippen molar-refractivity contribution in [2.75, 3.05) is 0 Å². The molecule has 2 aliphatic heterocycles. The number of fused-ring (bicyclic) bond motifs is 8. The van der Waals surface area contributed by atoms with E-state index in [1.165, 1.54) is 13.8 Å². The van der Waals surface area contributed by atoms with Gasteiger partial charge < -0.3 is 20.2 Å². The summed E-state index contributed by atoms with van der Waals surface area (Å²) in [6, 6.07) is 10.0. The molecule has 32 heavy (non-hydrogen) atoms. The van der Waals surface area contributed by atoms with Gasteiger partial charge in [-0.3, -0.25) is 9.59 Å². The van der Waals surface area contributed by atoms with Gasteiger partial charge in [0.2, 0.25) is 11.6 Å². The van der Waals surface area contributed by atoms with E-state index >= 15 is 0 Å². The van der Waals surface area contributed by atoms with E-state index in [1.54, 1.807) is 24.3 Å². The van der Waals surface area contributed by atoms with Gasteiger partial charge in [-0.25, -0.2) is 9.97 Å². The number of hydrogen-bond donors (Lipinski definition) is 4. The van der Waals surface area contributed by atoms with E-state index in [9.17, 15) is 19.8 Å². The molecule has 5 heterocycles. The van der Waals surface area contributed by atoms with Crippen molar-refractivity contribution >= 4 is 33.6 Å². The predicted molar refractivity (Wildman–Crippen MR) is 118 cm³/mol. The zero-order valence-electron chi connectivity index (χ0n) is 18.1. The number of nitrogens with zero attached hydrogens (tertiary/aromatic N) is 2. The van der Waals surface area contributed by atoms with Crippen LogP contribution in [-0.2, 0) is 11.2 Å². The quantitative estimate of drug-likeness (QED) is 0.433. The van der Waals surface area contributed by atoms with E-state index in [-0.39, 0.29) is 22.8 Å². The maximum Gasteiger partial charge on any atom is 0.218 e. The van der Waals surface area contributed by atoms with Gasteiger partial charge in [0.15, 0.2) is 11.2 Å². The van der Waals surface area contributed by atoms with Crippen LogP contribution in [0.3, 0.4) is 0 Å². The molecule has 0 spiro atoms. The van der Waals surface area contributed by atoms with E-state index in [1.807, 2.05) is 26.0 Å². The minimum absolute atomic E-state index is 0.132. The molecule has 0 unspecified atom stereocenters. The van der Waals surface area contributed by atoms with Gasteiger partial charge in [-0.1, -0.05) is 0 Å². The van der Waals surface area contributed by atoms with Gasteiger partial charge in [0.05, 0.1) is 11.4 Å². The molecule has 8 heteroatoms. The highest BCUT2D eigenvalue weighted by atomic mass is 16.3. The Labute approximate surface area is 183 Å². The van der Waals surface area contributed by atoms with Crippen LogP contribution in [-0.4, -0.2) is 41.7 Å². The second-order valence-corrected chi connectivity index (χ2v) is 8.79. The van der Waals surface area contributed by atoms with Gasteiger partial charge in [-0.05, 0) is 75.2 Å². The first-order valence-corrected chi connectivity index (χ1v) is 10.2. The third kappa shape index (κ3) is 2.91. The highest BCUT2D eigenvalue weighted by Crippen LogP contribution is 2.31. The van der Waals surface area contributed by atoms with Crippen molar-refractivity contribution in [2.24, 2.45) is 0 Å². The largest absolute Gasteiger partial charge is 0.376 e. The van der Waals surface area contributed by atoms with E-state index in [0.717, 1.165) is 11.1 Å². The standard InChI is InChI=1S/C24H22N4O4/c1-11-6-14-8-19-23(3,31)21(29)17(27-19)7-13-5-12(2)16(25-13)10-20-24(4,32)22(30)18(28-20)9-15(11)26-14/h5-10,25-26,31-32H,1-4H3/t23-,24+/m0/s1. The second-order valence-electron chi connectivity index (χ2n) is 8.79. The summed E-state index contributed by atoms with van der Waals surface area (Å²) in [6.45, 7) is 6.57. The average molecular weight is 430 g/mol. The predicted octanol–water partition coefficient (Wildman–Crippen LogP) is 3.11. The monoisotopic (exact) mass is 430 g/mol. The van der Waals surface area contributed by atoms with Crippen LogP contribution in [0.25, 0.3) is 22.1 Å². The highest BCUT2D eigenvalue weighted by Gasteiger charge is 2.41. The van der Waals surface area contributed by atoms with Crippen LogP contribution in [0, 0.1) is 13.8 Å². The first-order chi connectivity index (χ1) is 15.0. The fraction of sp³-hybridized carbons (Fsp3) is 0.250. The lowest BCUT2D eigenvalue weighted by Crippen LogP contribution is -2.27. The molecule has 0 aliphatic carbocycles. The van der Waals surface area contributed by atoms with Gasteiger partial charge in [-0.15, -0.1) is 0 Å². The number of hydrogen-bond acceptors (Lipinski definition) is 6. The zero-order valence-corrected chi connectivity index (χ0v) is 18.1. The van der Waals surface area contributed by atoms with Crippen LogP contribution >= 0.6 is 0 Å². The summed E-state index contributed by atoms with van der Waals surface area (Å²) in [5, 5.41) is 21.7. The van der Waals surface area contributed by atoms with Crippen LogP contribution in [0.1, 0.15) is 57.3 Å². The van der Waals surface area contributed by atoms with Gasteiger partial charge in [0.1, 0.15) is 11.4 Å². The molecular weight excluding hydrogens is 408 g/mol. The van der Waals surface area contributed by atoms with Crippen molar-refractivity contribution in [3.63, 3.8) is 0 Å². The van der Waals surface area contributed by atoms with Crippen molar-refractivity contribution in [1.82, 2.24) is 19.9 Å². The highest BCUT2D eigenvalue weighted by molar-refractivity contribution is 6.04. The van der Waals surface area contributed by atoms with Crippen molar-refractivity contribution in [1.29, 1.82) is 0 Å². The molecule has 0 aromatic carbocycles. The third-order valence-electron chi connectivity index (χ3n) is 6.13. The van der Waals surface area contributed by atoms with E-state index < -0.39 is 22.8 Å². The molecule has 2 atom stereocenters. The maximum absolute atomic E-state index is 12.9. The third-order valence-corrected chi connectivity index (χ3v) is 6.13. The number of nitrogens with one attached hydrogen (secondary N) is 2. The number of carbonyl (C=O) groups is 2. The Morgan fingerprint density at radius 2 is 1.12 bits per heavy atom. The van der Waals surface area contributed by atoms with Crippen LogP contribution in [0.5, 0.6) is 0 Å². The summed E-state index contributed by atoms with van der Waals surface area (Å²) < 4.78 is 0. The van der Waals surface area contributed by atoms with Gasteiger partial charge in [0.25, 0.3) is 0 Å². The summed E-state index contributed by atoms with van der Waals surface area (Å²) >= 11 is 0. The maximum atomic E-state index is 12.9.